The number of hydrogen-bond donors (Lipinski definition) is 0. The zero-order valence-electron chi connectivity index (χ0n) is 11.4. The highest BCUT2D eigenvalue weighted by Crippen LogP contribution is 2.41. The van der Waals surface area contributed by atoms with Crippen LogP contribution in [0.1, 0.15) is 51.4 Å². The Balaban J connectivity index is 1.59. The molecule has 3 rings (SSSR count). The molecule has 0 spiro atoms. The standard InChI is InChI=1S/C15H23F2NO/c16-15(17)7-6-11(9-15)10-18-8-2-4-13(18)12-3-1-5-14(12)19/h11-13H,1-10H2. The van der Waals surface area contributed by atoms with Crippen LogP contribution in [0.3, 0.4) is 0 Å². The Morgan fingerprint density at radius 2 is 2.05 bits per heavy atom. The topological polar surface area (TPSA) is 20.3 Å². The van der Waals surface area contributed by atoms with Crippen LogP contribution < -0.4 is 0 Å². The van der Waals surface area contributed by atoms with E-state index in [4.69, 9.17) is 0 Å². The maximum Gasteiger partial charge on any atom is 0.248 e. The van der Waals surface area contributed by atoms with Gasteiger partial charge in [0.2, 0.25) is 5.92 Å². The van der Waals surface area contributed by atoms with Crippen LogP contribution in [0.5, 0.6) is 0 Å². The van der Waals surface area contributed by atoms with Crippen molar-refractivity contribution in [3.05, 3.63) is 0 Å². The summed E-state index contributed by atoms with van der Waals surface area (Å²) in [7, 11) is 0. The molecule has 1 aliphatic heterocycles. The fourth-order valence-corrected chi connectivity index (χ4v) is 4.31. The van der Waals surface area contributed by atoms with Crippen molar-refractivity contribution >= 4 is 5.78 Å². The summed E-state index contributed by atoms with van der Waals surface area (Å²) in [5, 5.41) is 0. The second kappa shape index (κ2) is 5.12. The highest BCUT2D eigenvalue weighted by Gasteiger charge is 2.43. The van der Waals surface area contributed by atoms with Gasteiger partial charge in [-0.05, 0) is 44.6 Å². The molecule has 3 atom stereocenters. The second-order valence-electron chi connectivity index (χ2n) is 6.63. The van der Waals surface area contributed by atoms with Gasteiger partial charge in [0.15, 0.2) is 0 Å². The van der Waals surface area contributed by atoms with Gasteiger partial charge in [-0.25, -0.2) is 8.78 Å². The molecule has 108 valence electrons. The highest BCUT2D eigenvalue weighted by molar-refractivity contribution is 5.83. The van der Waals surface area contributed by atoms with Gasteiger partial charge in [-0.3, -0.25) is 9.69 Å². The Hall–Kier alpha value is -0.510. The van der Waals surface area contributed by atoms with E-state index in [9.17, 15) is 13.6 Å². The van der Waals surface area contributed by atoms with Crippen LogP contribution in [0.4, 0.5) is 8.78 Å². The summed E-state index contributed by atoms with van der Waals surface area (Å²) in [6, 6.07) is 0.351. The predicted octanol–water partition coefficient (Wildman–Crippen LogP) is 3.26. The molecule has 4 heteroatoms. The first kappa shape index (κ1) is 13.5. The number of carbonyl (C=O) groups excluding carboxylic acids is 1. The first-order valence-electron chi connectivity index (χ1n) is 7.70. The predicted molar refractivity (Wildman–Crippen MR) is 69.2 cm³/mol. The van der Waals surface area contributed by atoms with Crippen LogP contribution in [0.25, 0.3) is 0 Å². The number of Topliss-reactive ketones (excluding diaryl/α,β-unsaturated/α-hetero) is 1. The van der Waals surface area contributed by atoms with Gasteiger partial charge in [0.25, 0.3) is 0 Å². The Bertz CT molecular complexity index is 358. The molecule has 3 unspecified atom stereocenters. The Morgan fingerprint density at radius 3 is 2.68 bits per heavy atom. The molecule has 2 nitrogen and oxygen atoms in total. The van der Waals surface area contributed by atoms with E-state index < -0.39 is 5.92 Å². The number of hydrogen-bond acceptors (Lipinski definition) is 2. The number of alkyl halides is 2. The van der Waals surface area contributed by atoms with Crippen LogP contribution in [0, 0.1) is 11.8 Å². The SMILES string of the molecule is O=C1CCCC1C1CCCN1CC1CCC(F)(F)C1. The van der Waals surface area contributed by atoms with Gasteiger partial charge >= 0.3 is 0 Å². The quantitative estimate of drug-likeness (QED) is 0.785. The second-order valence-corrected chi connectivity index (χ2v) is 6.63. The maximum atomic E-state index is 13.3. The van der Waals surface area contributed by atoms with Crippen LogP contribution >= 0.6 is 0 Å². The van der Waals surface area contributed by atoms with Crippen molar-refractivity contribution in [3.8, 4) is 0 Å². The minimum atomic E-state index is -2.44. The lowest BCUT2D eigenvalue weighted by molar-refractivity contribution is -0.122. The maximum absolute atomic E-state index is 13.3. The van der Waals surface area contributed by atoms with E-state index in [-0.39, 0.29) is 24.7 Å². The third kappa shape index (κ3) is 2.83. The fourth-order valence-electron chi connectivity index (χ4n) is 4.31. The van der Waals surface area contributed by atoms with Crippen molar-refractivity contribution in [2.45, 2.75) is 63.3 Å². The Morgan fingerprint density at radius 1 is 1.21 bits per heavy atom. The first-order valence-corrected chi connectivity index (χ1v) is 7.70. The van der Waals surface area contributed by atoms with Gasteiger partial charge < -0.3 is 0 Å². The Labute approximate surface area is 113 Å². The average molecular weight is 271 g/mol. The Kier molecular flexibility index (Phi) is 3.63. The van der Waals surface area contributed by atoms with Crippen molar-refractivity contribution in [2.24, 2.45) is 11.8 Å². The zero-order valence-corrected chi connectivity index (χ0v) is 11.4. The highest BCUT2D eigenvalue weighted by atomic mass is 19.3. The molecule has 0 aromatic rings. The van der Waals surface area contributed by atoms with E-state index in [1.807, 2.05) is 0 Å². The molecule has 0 aromatic heterocycles. The molecule has 2 saturated carbocycles. The minimum Gasteiger partial charge on any atom is -0.299 e. The van der Waals surface area contributed by atoms with E-state index in [0.29, 0.717) is 18.2 Å². The first-order chi connectivity index (χ1) is 9.05. The van der Waals surface area contributed by atoms with Gasteiger partial charge in [0.05, 0.1) is 0 Å². The molecule has 1 heterocycles. The van der Waals surface area contributed by atoms with Gasteiger partial charge in [0, 0.05) is 37.8 Å². The third-order valence-electron chi connectivity index (χ3n) is 5.23. The van der Waals surface area contributed by atoms with Crippen LogP contribution in [-0.2, 0) is 4.79 Å². The van der Waals surface area contributed by atoms with Gasteiger partial charge in [-0.2, -0.15) is 0 Å². The molecule has 1 saturated heterocycles. The van der Waals surface area contributed by atoms with Crippen LogP contribution in [0.15, 0.2) is 0 Å². The molecule has 3 aliphatic rings. The third-order valence-corrected chi connectivity index (χ3v) is 5.23. The molecular formula is C15H23F2NO. The van der Waals surface area contributed by atoms with E-state index in [1.165, 1.54) is 0 Å². The molecule has 0 amide bonds. The number of halogens is 2. The number of nitrogens with zero attached hydrogens (tertiary/aromatic N) is 1. The van der Waals surface area contributed by atoms with Gasteiger partial charge in [-0.15, -0.1) is 0 Å². The molecule has 0 aromatic carbocycles. The van der Waals surface area contributed by atoms with E-state index in [1.54, 1.807) is 0 Å². The van der Waals surface area contributed by atoms with Crippen molar-refractivity contribution in [1.29, 1.82) is 0 Å². The van der Waals surface area contributed by atoms with Crippen LogP contribution in [0.2, 0.25) is 0 Å². The van der Waals surface area contributed by atoms with Crippen molar-refractivity contribution < 1.29 is 13.6 Å². The smallest absolute Gasteiger partial charge is 0.248 e. The number of rotatable bonds is 3. The lowest BCUT2D eigenvalue weighted by Crippen LogP contribution is -2.40. The monoisotopic (exact) mass is 271 g/mol. The molecule has 0 N–H and O–H groups in total. The lowest BCUT2D eigenvalue weighted by atomic mass is 9.94. The van der Waals surface area contributed by atoms with Crippen molar-refractivity contribution in [1.82, 2.24) is 4.90 Å². The molecule has 0 radical (unpaired) electrons. The van der Waals surface area contributed by atoms with E-state index in [2.05, 4.69) is 4.90 Å². The number of ketones is 1. The fraction of sp³-hybridized carbons (Fsp3) is 0.933. The van der Waals surface area contributed by atoms with Crippen LogP contribution in [-0.4, -0.2) is 35.7 Å². The molecule has 3 fully saturated rings. The summed E-state index contributed by atoms with van der Waals surface area (Å²) in [6.45, 7) is 1.78. The molecular weight excluding hydrogens is 248 g/mol. The van der Waals surface area contributed by atoms with E-state index in [0.717, 1.165) is 45.2 Å². The number of carbonyl (C=O) groups is 1. The molecule has 0 bridgehead atoms. The largest absolute Gasteiger partial charge is 0.299 e. The van der Waals surface area contributed by atoms with Gasteiger partial charge in [0.1, 0.15) is 5.78 Å². The average Bonchev–Trinajstić information content (AvgIpc) is 3.01. The van der Waals surface area contributed by atoms with E-state index >= 15 is 0 Å². The van der Waals surface area contributed by atoms with Crippen molar-refractivity contribution in [3.63, 3.8) is 0 Å². The minimum absolute atomic E-state index is 0.0504. The van der Waals surface area contributed by atoms with Gasteiger partial charge in [-0.1, -0.05) is 0 Å². The molecule has 2 aliphatic carbocycles. The normalized spacial score (nSPS) is 39.3. The summed E-state index contributed by atoms with van der Waals surface area (Å²) >= 11 is 0. The summed E-state index contributed by atoms with van der Waals surface area (Å²) in [5.74, 6) is -1.70. The van der Waals surface area contributed by atoms with Crippen molar-refractivity contribution in [2.75, 3.05) is 13.1 Å². The molecule has 19 heavy (non-hydrogen) atoms. The zero-order chi connectivity index (χ0) is 13.5. The summed E-state index contributed by atoms with van der Waals surface area (Å²) in [5.41, 5.74) is 0. The number of likely N-dealkylation sites (tertiary alicyclic amines) is 1. The summed E-state index contributed by atoms with van der Waals surface area (Å²) in [4.78, 5) is 14.2. The summed E-state index contributed by atoms with van der Waals surface area (Å²) < 4.78 is 26.5. The lowest BCUT2D eigenvalue weighted by Gasteiger charge is -2.30. The summed E-state index contributed by atoms with van der Waals surface area (Å²) in [6.07, 6.45) is 5.73.